The average molecular weight is 374 g/mol. The van der Waals surface area contributed by atoms with Crippen LogP contribution in [0.1, 0.15) is 29.7 Å². The van der Waals surface area contributed by atoms with Gasteiger partial charge in [-0.05, 0) is 42.3 Å². The van der Waals surface area contributed by atoms with Gasteiger partial charge in [-0.25, -0.2) is 0 Å². The number of aliphatic hydroxyl groups excluding tert-OH is 1. The Labute approximate surface area is 164 Å². The molecule has 3 aromatic carbocycles. The molecular weight excluding hydrogens is 352 g/mol. The summed E-state index contributed by atoms with van der Waals surface area (Å²) in [6, 6.07) is 23.2. The zero-order valence-electron chi connectivity index (χ0n) is 15.7. The third-order valence-corrected chi connectivity index (χ3v) is 4.52. The molecule has 4 nitrogen and oxygen atoms in total. The lowest BCUT2D eigenvalue weighted by Crippen LogP contribution is -2.00. The molecular formula is C24H22O4. The van der Waals surface area contributed by atoms with Crippen LogP contribution in [-0.2, 0) is 6.61 Å². The molecule has 0 aromatic heterocycles. The van der Waals surface area contributed by atoms with Crippen molar-refractivity contribution in [1.29, 1.82) is 0 Å². The number of para-hydroxylation sites is 1. The van der Waals surface area contributed by atoms with Crippen molar-refractivity contribution in [3.05, 3.63) is 95.2 Å². The standard InChI is InChI=1S/C24H22O4/c1-2-26-22-14-18(12-13-21(22)27-16-17-8-4-3-5-9-17)15-23-24(25)19-10-6-7-11-20(19)28-23/h3-15,24-25H,2,16H2,1H3/b23-15-/t24-/m1/s1. The van der Waals surface area contributed by atoms with Crippen LogP contribution < -0.4 is 14.2 Å². The first-order chi connectivity index (χ1) is 13.7. The zero-order chi connectivity index (χ0) is 19.3. The van der Waals surface area contributed by atoms with Gasteiger partial charge < -0.3 is 19.3 Å². The number of fused-ring (bicyclic) bond motifs is 1. The number of rotatable bonds is 6. The molecule has 1 N–H and O–H groups in total. The van der Waals surface area contributed by atoms with Crippen molar-refractivity contribution in [2.75, 3.05) is 6.61 Å². The largest absolute Gasteiger partial charge is 0.490 e. The van der Waals surface area contributed by atoms with Gasteiger partial charge in [0.25, 0.3) is 0 Å². The highest BCUT2D eigenvalue weighted by atomic mass is 16.5. The molecule has 0 aliphatic carbocycles. The summed E-state index contributed by atoms with van der Waals surface area (Å²) in [4.78, 5) is 0. The smallest absolute Gasteiger partial charge is 0.161 e. The van der Waals surface area contributed by atoms with Gasteiger partial charge in [0, 0.05) is 5.56 Å². The molecule has 0 bridgehead atoms. The second-order valence-electron chi connectivity index (χ2n) is 6.50. The Morgan fingerprint density at radius 2 is 1.71 bits per heavy atom. The second-order valence-corrected chi connectivity index (χ2v) is 6.50. The predicted molar refractivity (Wildman–Crippen MR) is 108 cm³/mol. The number of ether oxygens (including phenoxy) is 3. The molecule has 1 aliphatic rings. The van der Waals surface area contributed by atoms with Crippen LogP contribution in [0.3, 0.4) is 0 Å². The van der Waals surface area contributed by atoms with Gasteiger partial charge in [0.15, 0.2) is 11.5 Å². The molecule has 0 fully saturated rings. The minimum atomic E-state index is -0.763. The Kier molecular flexibility index (Phi) is 5.31. The van der Waals surface area contributed by atoms with Crippen LogP contribution in [0.5, 0.6) is 17.2 Å². The first kappa shape index (κ1) is 18.1. The fraction of sp³-hybridized carbons (Fsp3) is 0.167. The summed E-state index contributed by atoms with van der Waals surface area (Å²) in [7, 11) is 0. The lowest BCUT2D eigenvalue weighted by Gasteiger charge is -2.13. The van der Waals surface area contributed by atoms with E-state index in [1.54, 1.807) is 0 Å². The van der Waals surface area contributed by atoms with E-state index in [0.29, 0.717) is 36.2 Å². The molecule has 3 aromatic rings. The van der Waals surface area contributed by atoms with E-state index in [1.165, 1.54) is 0 Å². The second kappa shape index (κ2) is 8.19. The molecule has 0 spiro atoms. The molecule has 1 heterocycles. The highest BCUT2D eigenvalue weighted by Gasteiger charge is 2.27. The molecule has 1 aliphatic heterocycles. The van der Waals surface area contributed by atoms with Crippen molar-refractivity contribution in [2.24, 2.45) is 0 Å². The number of hydrogen-bond donors (Lipinski definition) is 1. The maximum atomic E-state index is 10.5. The van der Waals surface area contributed by atoms with Gasteiger partial charge in [0.05, 0.1) is 6.61 Å². The topological polar surface area (TPSA) is 47.9 Å². The number of benzene rings is 3. The van der Waals surface area contributed by atoms with E-state index in [9.17, 15) is 5.11 Å². The summed E-state index contributed by atoms with van der Waals surface area (Å²) in [5, 5.41) is 10.5. The lowest BCUT2D eigenvalue weighted by molar-refractivity contribution is 0.193. The Balaban J connectivity index is 1.55. The Hall–Kier alpha value is -3.24. The zero-order valence-corrected chi connectivity index (χ0v) is 15.7. The number of hydrogen-bond acceptors (Lipinski definition) is 4. The molecule has 0 amide bonds. The SMILES string of the molecule is CCOc1cc(/C=C2\Oc3ccccc3[C@H]2O)ccc1OCc1ccccc1. The fourth-order valence-corrected chi connectivity index (χ4v) is 3.15. The van der Waals surface area contributed by atoms with E-state index in [4.69, 9.17) is 14.2 Å². The molecule has 0 unspecified atom stereocenters. The van der Waals surface area contributed by atoms with Gasteiger partial charge in [0.1, 0.15) is 24.2 Å². The average Bonchev–Trinajstić information content (AvgIpc) is 3.04. The molecule has 28 heavy (non-hydrogen) atoms. The molecule has 4 rings (SSSR count). The van der Waals surface area contributed by atoms with Crippen LogP contribution in [0.15, 0.2) is 78.6 Å². The van der Waals surface area contributed by atoms with E-state index < -0.39 is 6.10 Å². The van der Waals surface area contributed by atoms with Gasteiger partial charge in [-0.1, -0.05) is 54.6 Å². The van der Waals surface area contributed by atoms with Crippen LogP contribution in [0.4, 0.5) is 0 Å². The van der Waals surface area contributed by atoms with Crippen molar-refractivity contribution in [3.63, 3.8) is 0 Å². The van der Waals surface area contributed by atoms with Gasteiger partial charge in [-0.3, -0.25) is 0 Å². The fourth-order valence-electron chi connectivity index (χ4n) is 3.15. The summed E-state index contributed by atoms with van der Waals surface area (Å²) in [6.45, 7) is 2.94. The molecule has 0 saturated heterocycles. The van der Waals surface area contributed by atoms with Crippen LogP contribution in [-0.4, -0.2) is 11.7 Å². The van der Waals surface area contributed by atoms with Crippen molar-refractivity contribution in [2.45, 2.75) is 19.6 Å². The third kappa shape index (κ3) is 3.87. The predicted octanol–water partition coefficient (Wildman–Crippen LogP) is 5.13. The molecule has 142 valence electrons. The van der Waals surface area contributed by atoms with Gasteiger partial charge in [-0.2, -0.15) is 0 Å². The molecule has 0 radical (unpaired) electrons. The van der Waals surface area contributed by atoms with E-state index in [-0.39, 0.29) is 0 Å². The Morgan fingerprint density at radius 3 is 2.50 bits per heavy atom. The van der Waals surface area contributed by atoms with Crippen molar-refractivity contribution >= 4 is 6.08 Å². The monoisotopic (exact) mass is 374 g/mol. The van der Waals surface area contributed by atoms with Gasteiger partial charge in [-0.15, -0.1) is 0 Å². The summed E-state index contributed by atoms with van der Waals surface area (Å²) >= 11 is 0. The maximum Gasteiger partial charge on any atom is 0.161 e. The lowest BCUT2D eigenvalue weighted by atomic mass is 10.1. The summed E-state index contributed by atoms with van der Waals surface area (Å²) in [5.74, 6) is 2.54. The van der Waals surface area contributed by atoms with Crippen LogP contribution in [0, 0.1) is 0 Å². The third-order valence-electron chi connectivity index (χ3n) is 4.52. The first-order valence-electron chi connectivity index (χ1n) is 9.34. The highest BCUT2D eigenvalue weighted by molar-refractivity contribution is 5.61. The van der Waals surface area contributed by atoms with Gasteiger partial charge in [0.2, 0.25) is 0 Å². The summed E-state index contributed by atoms with van der Waals surface area (Å²) < 4.78 is 17.5. The Morgan fingerprint density at radius 1 is 0.929 bits per heavy atom. The minimum Gasteiger partial charge on any atom is -0.490 e. The van der Waals surface area contributed by atoms with Gasteiger partial charge >= 0.3 is 0 Å². The minimum absolute atomic E-state index is 0.471. The van der Waals surface area contributed by atoms with Crippen molar-refractivity contribution in [3.8, 4) is 17.2 Å². The van der Waals surface area contributed by atoms with Crippen LogP contribution in [0.2, 0.25) is 0 Å². The van der Waals surface area contributed by atoms with E-state index in [0.717, 1.165) is 16.7 Å². The van der Waals surface area contributed by atoms with Crippen LogP contribution in [0.25, 0.3) is 6.08 Å². The first-order valence-corrected chi connectivity index (χ1v) is 9.34. The molecule has 1 atom stereocenters. The number of aliphatic hydroxyl groups is 1. The Bertz CT molecular complexity index is 979. The highest BCUT2D eigenvalue weighted by Crippen LogP contribution is 2.40. The van der Waals surface area contributed by atoms with Crippen molar-refractivity contribution in [1.82, 2.24) is 0 Å². The molecule has 4 heteroatoms. The van der Waals surface area contributed by atoms with E-state index >= 15 is 0 Å². The quantitative estimate of drug-likeness (QED) is 0.650. The van der Waals surface area contributed by atoms with Crippen molar-refractivity contribution < 1.29 is 19.3 Å². The van der Waals surface area contributed by atoms with Crippen LogP contribution >= 0.6 is 0 Å². The summed E-state index contributed by atoms with van der Waals surface area (Å²) in [5.41, 5.74) is 2.75. The normalized spacial score (nSPS) is 16.5. The molecule has 0 saturated carbocycles. The maximum absolute atomic E-state index is 10.5. The van der Waals surface area contributed by atoms with E-state index in [2.05, 4.69) is 0 Å². The van der Waals surface area contributed by atoms with E-state index in [1.807, 2.05) is 85.8 Å². The summed E-state index contributed by atoms with van der Waals surface area (Å²) in [6.07, 6.45) is 1.06.